The van der Waals surface area contributed by atoms with E-state index in [4.69, 9.17) is 5.73 Å². The number of rotatable bonds is 3. The fourth-order valence-corrected chi connectivity index (χ4v) is 2.17. The summed E-state index contributed by atoms with van der Waals surface area (Å²) in [5.74, 6) is -0.856. The number of amides is 1. The molecule has 0 spiro atoms. The van der Waals surface area contributed by atoms with Crippen LogP contribution in [0.2, 0.25) is 0 Å². The van der Waals surface area contributed by atoms with Gasteiger partial charge < -0.3 is 11.1 Å². The minimum absolute atomic E-state index is 0.159. The van der Waals surface area contributed by atoms with Crippen LogP contribution in [-0.4, -0.2) is 5.91 Å². The molecule has 3 nitrogen and oxygen atoms in total. The highest BCUT2D eigenvalue weighted by Gasteiger charge is 2.13. The standard InChI is InChI=1S/C16H17FN2O/c1-10-5-3-4-6-15(10)11(2)19-16(20)12-7-13(17)9-14(18)8-12/h3-9,11H,18H2,1-2H3,(H,19,20). The zero-order valence-corrected chi connectivity index (χ0v) is 11.5. The van der Waals surface area contributed by atoms with Gasteiger partial charge in [0.05, 0.1) is 6.04 Å². The van der Waals surface area contributed by atoms with Crippen molar-refractivity contribution in [1.82, 2.24) is 5.32 Å². The minimum atomic E-state index is -0.515. The predicted octanol–water partition coefficient (Wildman–Crippen LogP) is 3.21. The molecule has 1 unspecified atom stereocenters. The third kappa shape index (κ3) is 3.15. The Morgan fingerprint density at radius 3 is 2.60 bits per heavy atom. The van der Waals surface area contributed by atoms with Gasteiger partial charge in [-0.2, -0.15) is 0 Å². The van der Waals surface area contributed by atoms with E-state index < -0.39 is 5.82 Å². The summed E-state index contributed by atoms with van der Waals surface area (Å²) < 4.78 is 13.3. The summed E-state index contributed by atoms with van der Waals surface area (Å²) in [6, 6.07) is 11.5. The van der Waals surface area contributed by atoms with E-state index in [9.17, 15) is 9.18 Å². The number of nitrogens with two attached hydrogens (primary N) is 1. The molecule has 2 aromatic carbocycles. The third-order valence-corrected chi connectivity index (χ3v) is 3.18. The topological polar surface area (TPSA) is 55.1 Å². The summed E-state index contributed by atoms with van der Waals surface area (Å²) in [5.41, 5.74) is 8.13. The molecule has 0 aliphatic carbocycles. The second-order valence-corrected chi connectivity index (χ2v) is 4.82. The molecule has 4 heteroatoms. The molecule has 0 saturated heterocycles. The molecule has 1 atom stereocenters. The first kappa shape index (κ1) is 14.1. The first-order valence-corrected chi connectivity index (χ1v) is 6.40. The Labute approximate surface area is 117 Å². The zero-order valence-electron chi connectivity index (χ0n) is 11.5. The molecule has 0 saturated carbocycles. The van der Waals surface area contributed by atoms with Crippen LogP contribution in [0, 0.1) is 12.7 Å². The lowest BCUT2D eigenvalue weighted by Crippen LogP contribution is -2.27. The number of benzene rings is 2. The molecule has 2 rings (SSSR count). The lowest BCUT2D eigenvalue weighted by atomic mass is 10.0. The first-order valence-electron chi connectivity index (χ1n) is 6.40. The Hall–Kier alpha value is -2.36. The smallest absolute Gasteiger partial charge is 0.251 e. The van der Waals surface area contributed by atoms with Crippen LogP contribution in [0.3, 0.4) is 0 Å². The Balaban J connectivity index is 2.17. The summed E-state index contributed by atoms with van der Waals surface area (Å²) in [7, 11) is 0. The van der Waals surface area contributed by atoms with Crippen LogP contribution in [-0.2, 0) is 0 Å². The van der Waals surface area contributed by atoms with Gasteiger partial charge in [0.2, 0.25) is 0 Å². The van der Waals surface area contributed by atoms with Gasteiger partial charge in [-0.25, -0.2) is 4.39 Å². The Kier molecular flexibility index (Phi) is 4.03. The van der Waals surface area contributed by atoms with Gasteiger partial charge in [0.15, 0.2) is 0 Å². The van der Waals surface area contributed by atoms with E-state index in [1.807, 2.05) is 38.1 Å². The lowest BCUT2D eigenvalue weighted by molar-refractivity contribution is 0.0939. The van der Waals surface area contributed by atoms with Crippen molar-refractivity contribution in [2.24, 2.45) is 0 Å². The average molecular weight is 272 g/mol. The zero-order chi connectivity index (χ0) is 14.7. The number of carbonyl (C=O) groups excluding carboxylic acids is 1. The van der Waals surface area contributed by atoms with Gasteiger partial charge in [-0.1, -0.05) is 24.3 Å². The molecule has 0 aliphatic rings. The monoisotopic (exact) mass is 272 g/mol. The highest BCUT2D eigenvalue weighted by atomic mass is 19.1. The molecule has 3 N–H and O–H groups in total. The van der Waals surface area contributed by atoms with Crippen LogP contribution in [0.25, 0.3) is 0 Å². The SMILES string of the molecule is Cc1ccccc1C(C)NC(=O)c1cc(N)cc(F)c1. The van der Waals surface area contributed by atoms with Crippen LogP contribution in [0.4, 0.5) is 10.1 Å². The molecule has 0 aliphatic heterocycles. The van der Waals surface area contributed by atoms with Crippen molar-refractivity contribution < 1.29 is 9.18 Å². The summed E-state index contributed by atoms with van der Waals surface area (Å²) in [5, 5.41) is 2.85. The molecular formula is C16H17FN2O. The van der Waals surface area contributed by atoms with Crippen molar-refractivity contribution in [3.8, 4) is 0 Å². The van der Waals surface area contributed by atoms with Crippen LogP contribution in [0.5, 0.6) is 0 Å². The normalized spacial score (nSPS) is 11.9. The summed E-state index contributed by atoms with van der Waals surface area (Å²) >= 11 is 0. The largest absolute Gasteiger partial charge is 0.399 e. The van der Waals surface area contributed by atoms with E-state index in [0.717, 1.165) is 11.1 Å². The van der Waals surface area contributed by atoms with Crippen LogP contribution in [0.1, 0.15) is 34.5 Å². The molecular weight excluding hydrogens is 255 g/mol. The van der Waals surface area contributed by atoms with Crippen molar-refractivity contribution in [3.05, 3.63) is 65.0 Å². The number of nitrogen functional groups attached to an aromatic ring is 1. The summed E-state index contributed by atoms with van der Waals surface area (Å²) in [6.45, 7) is 3.88. The number of aryl methyl sites for hydroxylation is 1. The van der Waals surface area contributed by atoms with Gasteiger partial charge in [-0.15, -0.1) is 0 Å². The highest BCUT2D eigenvalue weighted by molar-refractivity contribution is 5.95. The van der Waals surface area contributed by atoms with Gasteiger partial charge in [0.1, 0.15) is 5.82 Å². The van der Waals surface area contributed by atoms with Gasteiger partial charge in [0, 0.05) is 11.3 Å². The lowest BCUT2D eigenvalue weighted by Gasteiger charge is -2.16. The maximum absolute atomic E-state index is 13.3. The summed E-state index contributed by atoms with van der Waals surface area (Å²) in [4.78, 5) is 12.1. The van der Waals surface area contributed by atoms with Crippen LogP contribution >= 0.6 is 0 Å². The maximum atomic E-state index is 13.3. The van der Waals surface area contributed by atoms with Crippen molar-refractivity contribution in [1.29, 1.82) is 0 Å². The van der Waals surface area contributed by atoms with Crippen molar-refractivity contribution >= 4 is 11.6 Å². The number of carbonyl (C=O) groups is 1. The maximum Gasteiger partial charge on any atom is 0.251 e. The molecule has 0 bridgehead atoms. The molecule has 1 amide bonds. The molecule has 20 heavy (non-hydrogen) atoms. The van der Waals surface area contributed by atoms with Crippen molar-refractivity contribution in [2.45, 2.75) is 19.9 Å². The number of halogens is 1. The number of hydrogen-bond donors (Lipinski definition) is 2. The Morgan fingerprint density at radius 2 is 1.95 bits per heavy atom. The van der Waals surface area contributed by atoms with E-state index >= 15 is 0 Å². The van der Waals surface area contributed by atoms with Crippen LogP contribution in [0.15, 0.2) is 42.5 Å². The fraction of sp³-hybridized carbons (Fsp3) is 0.188. The number of hydrogen-bond acceptors (Lipinski definition) is 2. The molecule has 0 heterocycles. The molecule has 104 valence electrons. The van der Waals surface area contributed by atoms with Crippen molar-refractivity contribution in [3.63, 3.8) is 0 Å². The minimum Gasteiger partial charge on any atom is -0.399 e. The second kappa shape index (κ2) is 5.74. The van der Waals surface area contributed by atoms with Gasteiger partial charge in [-0.05, 0) is 43.2 Å². The van der Waals surface area contributed by atoms with Gasteiger partial charge in [-0.3, -0.25) is 4.79 Å². The quantitative estimate of drug-likeness (QED) is 0.843. The van der Waals surface area contributed by atoms with E-state index in [2.05, 4.69) is 5.32 Å². The molecule has 0 fully saturated rings. The Morgan fingerprint density at radius 1 is 1.25 bits per heavy atom. The fourth-order valence-electron chi connectivity index (χ4n) is 2.17. The number of nitrogens with one attached hydrogen (secondary N) is 1. The van der Waals surface area contributed by atoms with Crippen LogP contribution < -0.4 is 11.1 Å². The van der Waals surface area contributed by atoms with Gasteiger partial charge >= 0.3 is 0 Å². The highest BCUT2D eigenvalue weighted by Crippen LogP contribution is 2.18. The van der Waals surface area contributed by atoms with E-state index in [1.165, 1.54) is 18.2 Å². The number of anilines is 1. The third-order valence-electron chi connectivity index (χ3n) is 3.18. The van der Waals surface area contributed by atoms with E-state index in [0.29, 0.717) is 0 Å². The molecule has 0 aromatic heterocycles. The van der Waals surface area contributed by atoms with Gasteiger partial charge in [0.25, 0.3) is 5.91 Å². The van der Waals surface area contributed by atoms with Crippen molar-refractivity contribution in [2.75, 3.05) is 5.73 Å². The first-order chi connectivity index (χ1) is 9.47. The van der Waals surface area contributed by atoms with E-state index in [1.54, 1.807) is 0 Å². The predicted molar refractivity (Wildman–Crippen MR) is 77.9 cm³/mol. The molecule has 0 radical (unpaired) electrons. The summed E-state index contributed by atoms with van der Waals surface area (Å²) in [6.07, 6.45) is 0. The average Bonchev–Trinajstić information content (AvgIpc) is 2.37. The second-order valence-electron chi connectivity index (χ2n) is 4.82. The molecule has 2 aromatic rings. The van der Waals surface area contributed by atoms with E-state index in [-0.39, 0.29) is 23.2 Å². The Bertz CT molecular complexity index is 620.